The highest BCUT2D eigenvalue weighted by Gasteiger charge is 2.40. The second-order valence-electron chi connectivity index (χ2n) is 7.49. The zero-order chi connectivity index (χ0) is 16.4. The third-order valence-corrected chi connectivity index (χ3v) is 4.36. The zero-order valence-corrected chi connectivity index (χ0v) is 13.5. The van der Waals surface area contributed by atoms with Gasteiger partial charge in [-0.1, -0.05) is 32.9 Å². The van der Waals surface area contributed by atoms with Crippen LogP contribution in [0.25, 0.3) is 9.69 Å². The van der Waals surface area contributed by atoms with Gasteiger partial charge in [-0.05, 0) is 36.2 Å². The average Bonchev–Trinajstić information content (AvgIpc) is 2.42. The Balaban J connectivity index is 2.10. The molecule has 1 aromatic rings. The maximum absolute atomic E-state index is 10.1. The molecule has 1 saturated carbocycles. The van der Waals surface area contributed by atoms with Crippen molar-refractivity contribution in [2.45, 2.75) is 46.1 Å². The first-order chi connectivity index (χ1) is 10.3. The van der Waals surface area contributed by atoms with Crippen molar-refractivity contribution in [2.75, 3.05) is 11.9 Å². The van der Waals surface area contributed by atoms with Crippen molar-refractivity contribution >= 4 is 17.1 Å². The lowest BCUT2D eigenvalue weighted by molar-refractivity contribution is -0.00317. The van der Waals surface area contributed by atoms with Crippen molar-refractivity contribution in [2.24, 2.45) is 10.8 Å². The molecule has 0 amide bonds. The molecule has 4 nitrogen and oxygen atoms in total. The molecule has 0 heterocycles. The number of benzene rings is 1. The number of rotatable bonds is 3. The normalized spacial score (nSPS) is 26.7. The van der Waals surface area contributed by atoms with Crippen LogP contribution >= 0.6 is 0 Å². The lowest BCUT2D eigenvalue weighted by Gasteiger charge is -2.45. The smallest absolute Gasteiger partial charge is 0.196 e. The molecular weight excluding hydrogens is 274 g/mol. The third-order valence-electron chi connectivity index (χ3n) is 4.36. The first-order valence-electron chi connectivity index (χ1n) is 7.58. The molecule has 1 aromatic carbocycles. The second-order valence-corrected chi connectivity index (χ2v) is 7.49. The zero-order valence-electron chi connectivity index (χ0n) is 13.5. The van der Waals surface area contributed by atoms with E-state index in [2.05, 4.69) is 35.8 Å². The van der Waals surface area contributed by atoms with E-state index in [1.165, 1.54) is 0 Å². The summed E-state index contributed by atoms with van der Waals surface area (Å²) in [4.78, 5) is 6.76. The Hall–Kier alpha value is -2.04. The van der Waals surface area contributed by atoms with E-state index >= 15 is 0 Å². The second kappa shape index (κ2) is 5.99. The van der Waals surface area contributed by atoms with Crippen LogP contribution in [0.4, 0.5) is 17.1 Å². The average molecular weight is 297 g/mol. The number of aliphatic hydroxyl groups excluding tert-OH is 1. The monoisotopic (exact) mass is 297 g/mol. The summed E-state index contributed by atoms with van der Waals surface area (Å²) in [6, 6.07) is 5.26. The molecule has 116 valence electrons. The summed E-state index contributed by atoms with van der Waals surface area (Å²) in [5, 5.41) is 13.5. The summed E-state index contributed by atoms with van der Waals surface area (Å²) < 4.78 is 0. The van der Waals surface area contributed by atoms with Gasteiger partial charge >= 0.3 is 0 Å². The van der Waals surface area contributed by atoms with Crippen LogP contribution in [0.15, 0.2) is 18.2 Å². The molecule has 2 atom stereocenters. The molecule has 1 aliphatic carbocycles. The van der Waals surface area contributed by atoms with Gasteiger partial charge in [0.15, 0.2) is 11.4 Å². The molecule has 0 aliphatic heterocycles. The molecule has 1 fully saturated rings. The minimum absolute atomic E-state index is 0.0257. The van der Waals surface area contributed by atoms with Crippen LogP contribution in [-0.4, -0.2) is 17.8 Å². The van der Waals surface area contributed by atoms with Gasteiger partial charge in [0.05, 0.1) is 19.2 Å². The fourth-order valence-electron chi connectivity index (χ4n) is 3.85. The molecule has 0 spiro atoms. The van der Waals surface area contributed by atoms with E-state index in [9.17, 15) is 5.11 Å². The molecule has 2 unspecified atom stereocenters. The maximum atomic E-state index is 10.1. The van der Waals surface area contributed by atoms with Gasteiger partial charge in [-0.3, -0.25) is 9.69 Å². The Morgan fingerprint density at radius 3 is 2.45 bits per heavy atom. The summed E-state index contributed by atoms with van der Waals surface area (Å²) in [7, 11) is 0. The highest BCUT2D eigenvalue weighted by molar-refractivity contribution is 5.75. The summed E-state index contributed by atoms with van der Waals surface area (Å²) in [5.41, 5.74) is 1.80. The van der Waals surface area contributed by atoms with E-state index in [1.807, 2.05) is 6.07 Å². The Labute approximate surface area is 132 Å². The van der Waals surface area contributed by atoms with Gasteiger partial charge in [-0.2, -0.15) is 0 Å². The molecule has 2 N–H and O–H groups in total. The largest absolute Gasteiger partial charge is 0.393 e. The highest BCUT2D eigenvalue weighted by atomic mass is 16.3. The molecule has 1 aliphatic rings. The Bertz CT molecular complexity index is 639. The van der Waals surface area contributed by atoms with Crippen molar-refractivity contribution in [1.29, 1.82) is 0 Å². The van der Waals surface area contributed by atoms with Gasteiger partial charge in [0, 0.05) is 12.2 Å². The molecule has 0 bridgehead atoms. The topological polar surface area (TPSA) is 41.0 Å². The van der Waals surface area contributed by atoms with Crippen molar-refractivity contribution in [3.8, 4) is 0 Å². The Kier molecular flexibility index (Phi) is 4.44. The van der Waals surface area contributed by atoms with Crippen molar-refractivity contribution in [3.05, 3.63) is 41.0 Å². The van der Waals surface area contributed by atoms with Crippen LogP contribution in [-0.2, 0) is 0 Å². The molecule has 0 radical (unpaired) electrons. The third kappa shape index (κ3) is 3.78. The number of nitrogens with zero attached hydrogens (tertiary/aromatic N) is 2. The minimum atomic E-state index is -0.251. The first kappa shape index (κ1) is 16.3. The summed E-state index contributed by atoms with van der Waals surface area (Å²) in [5.74, 6) is 0. The van der Waals surface area contributed by atoms with Gasteiger partial charge in [0.2, 0.25) is 0 Å². The minimum Gasteiger partial charge on any atom is -0.393 e. The number of anilines is 1. The number of aliphatic hydroxyl groups is 1. The van der Waals surface area contributed by atoms with Crippen molar-refractivity contribution < 1.29 is 5.11 Å². The van der Waals surface area contributed by atoms with Gasteiger partial charge in [-0.25, -0.2) is 0 Å². The van der Waals surface area contributed by atoms with Crippen LogP contribution in [0.3, 0.4) is 0 Å². The van der Waals surface area contributed by atoms with E-state index in [1.54, 1.807) is 12.1 Å². The Morgan fingerprint density at radius 1 is 1.18 bits per heavy atom. The van der Waals surface area contributed by atoms with Crippen LogP contribution in [0.2, 0.25) is 0 Å². The number of hydrogen-bond acceptors (Lipinski definition) is 2. The standard InChI is InChI=1S/C18H23N3O/c1-17(2)9-14(22)10-18(3,11-17)12-21-13-6-7-15(19-4)16(8-13)20-5/h6-8,14,21-22H,9-12H2,1-3H3. The fourth-order valence-corrected chi connectivity index (χ4v) is 3.85. The van der Waals surface area contributed by atoms with Crippen LogP contribution in [0.5, 0.6) is 0 Å². The lowest BCUT2D eigenvalue weighted by atomic mass is 9.63. The summed E-state index contributed by atoms with van der Waals surface area (Å²) in [6.07, 6.45) is 2.45. The SMILES string of the molecule is [C-]#[N+]c1ccc(NCC2(C)CC(O)CC(C)(C)C2)cc1[N+]#[C-]. The lowest BCUT2D eigenvalue weighted by Crippen LogP contribution is -2.42. The van der Waals surface area contributed by atoms with E-state index < -0.39 is 0 Å². The summed E-state index contributed by atoms with van der Waals surface area (Å²) in [6.45, 7) is 21.6. The van der Waals surface area contributed by atoms with Gasteiger partial charge in [-0.15, -0.1) is 0 Å². The quantitative estimate of drug-likeness (QED) is 0.788. The molecular formula is C18H23N3O. The predicted molar refractivity (Wildman–Crippen MR) is 89.2 cm³/mol. The highest BCUT2D eigenvalue weighted by Crippen LogP contribution is 2.46. The van der Waals surface area contributed by atoms with Gasteiger partial charge < -0.3 is 10.4 Å². The van der Waals surface area contributed by atoms with Crippen LogP contribution < -0.4 is 5.32 Å². The van der Waals surface area contributed by atoms with Gasteiger partial charge in [0.1, 0.15) is 0 Å². The van der Waals surface area contributed by atoms with E-state index in [4.69, 9.17) is 13.1 Å². The number of hydrogen-bond donors (Lipinski definition) is 2. The molecule has 4 heteroatoms. The fraction of sp³-hybridized carbons (Fsp3) is 0.556. The van der Waals surface area contributed by atoms with Crippen LogP contribution in [0.1, 0.15) is 40.0 Å². The van der Waals surface area contributed by atoms with Crippen molar-refractivity contribution in [3.63, 3.8) is 0 Å². The number of nitrogens with one attached hydrogen (secondary N) is 1. The van der Waals surface area contributed by atoms with E-state index in [-0.39, 0.29) is 16.9 Å². The van der Waals surface area contributed by atoms with E-state index in [0.29, 0.717) is 11.4 Å². The molecule has 0 aromatic heterocycles. The Morgan fingerprint density at radius 2 is 1.86 bits per heavy atom. The maximum Gasteiger partial charge on any atom is 0.196 e. The van der Waals surface area contributed by atoms with Crippen LogP contribution in [0, 0.1) is 24.0 Å². The summed E-state index contributed by atoms with van der Waals surface area (Å²) >= 11 is 0. The molecule has 2 rings (SSSR count). The van der Waals surface area contributed by atoms with Gasteiger partial charge in [0.25, 0.3) is 0 Å². The molecule has 0 saturated heterocycles. The molecule has 22 heavy (non-hydrogen) atoms. The first-order valence-corrected chi connectivity index (χ1v) is 7.58. The van der Waals surface area contributed by atoms with Crippen molar-refractivity contribution in [1.82, 2.24) is 0 Å². The van der Waals surface area contributed by atoms with E-state index in [0.717, 1.165) is 31.5 Å². The predicted octanol–water partition coefficient (Wildman–Crippen LogP) is 4.78.